The fraction of sp³-hybridized carbons (Fsp3) is 0.375. The second-order valence-corrected chi connectivity index (χ2v) is 6.38. The van der Waals surface area contributed by atoms with Gasteiger partial charge >= 0.3 is 0 Å². The minimum absolute atomic E-state index is 0.0684. The number of thiazole rings is 1. The number of benzene rings is 1. The summed E-state index contributed by atoms with van der Waals surface area (Å²) in [5.74, 6) is -1.89. The van der Waals surface area contributed by atoms with Gasteiger partial charge in [-0.3, -0.25) is 4.79 Å². The summed E-state index contributed by atoms with van der Waals surface area (Å²) in [7, 11) is 0. The van der Waals surface area contributed by atoms with Gasteiger partial charge in [0.25, 0.3) is 0 Å². The first-order chi connectivity index (χ1) is 10.8. The Balaban J connectivity index is 1.96. The maximum atomic E-state index is 13.7. The number of carbonyl (C=O) groups excluding carboxylic acids is 1. The first-order valence-electron chi connectivity index (χ1n) is 7.19. The second kappa shape index (κ2) is 7.14. The molecule has 1 heterocycles. The highest BCUT2D eigenvalue weighted by Gasteiger charge is 2.27. The van der Waals surface area contributed by atoms with E-state index in [0.29, 0.717) is 11.8 Å². The first kappa shape index (κ1) is 17.5. The van der Waals surface area contributed by atoms with Crippen molar-refractivity contribution in [3.8, 4) is 0 Å². The zero-order chi connectivity index (χ0) is 17.0. The molecule has 1 aromatic carbocycles. The van der Waals surface area contributed by atoms with Crippen LogP contribution in [0.4, 0.5) is 8.78 Å². The molecule has 0 radical (unpaired) electrons. The van der Waals surface area contributed by atoms with Crippen LogP contribution >= 0.6 is 11.3 Å². The minimum atomic E-state index is -1.63. The number of aromatic nitrogens is 1. The van der Waals surface area contributed by atoms with E-state index in [0.717, 1.165) is 17.5 Å². The van der Waals surface area contributed by atoms with E-state index < -0.39 is 17.2 Å². The van der Waals surface area contributed by atoms with Crippen molar-refractivity contribution in [1.82, 2.24) is 10.3 Å². The van der Waals surface area contributed by atoms with E-state index >= 15 is 0 Å². The Kier molecular flexibility index (Phi) is 5.43. The average Bonchev–Trinajstić information content (AvgIpc) is 2.92. The lowest BCUT2D eigenvalue weighted by atomic mass is 9.95. The van der Waals surface area contributed by atoms with E-state index in [-0.39, 0.29) is 24.4 Å². The zero-order valence-corrected chi connectivity index (χ0v) is 13.7. The van der Waals surface area contributed by atoms with Crippen LogP contribution in [0.2, 0.25) is 0 Å². The maximum absolute atomic E-state index is 13.7. The van der Waals surface area contributed by atoms with Crippen LogP contribution in [0.3, 0.4) is 0 Å². The highest BCUT2D eigenvalue weighted by Crippen LogP contribution is 2.23. The molecule has 2 rings (SSSR count). The predicted molar refractivity (Wildman–Crippen MR) is 84.1 cm³/mol. The molecule has 1 atom stereocenters. The highest BCUT2D eigenvalue weighted by atomic mass is 32.1. The molecule has 0 bridgehead atoms. The molecule has 7 heteroatoms. The monoisotopic (exact) mass is 340 g/mol. The van der Waals surface area contributed by atoms with E-state index in [2.05, 4.69) is 10.3 Å². The summed E-state index contributed by atoms with van der Waals surface area (Å²) < 4.78 is 26.7. The lowest BCUT2D eigenvalue weighted by Crippen LogP contribution is -2.39. The fourth-order valence-electron chi connectivity index (χ4n) is 2.11. The zero-order valence-electron chi connectivity index (χ0n) is 12.9. The Bertz CT molecular complexity index is 701. The Morgan fingerprint density at radius 3 is 2.78 bits per heavy atom. The van der Waals surface area contributed by atoms with E-state index in [1.165, 1.54) is 24.3 Å². The molecule has 0 spiro atoms. The Morgan fingerprint density at radius 2 is 2.17 bits per heavy atom. The molecule has 1 unspecified atom stereocenters. The molecular weight excluding hydrogens is 322 g/mol. The summed E-state index contributed by atoms with van der Waals surface area (Å²) >= 11 is 1.49. The molecular formula is C16H18F2N2O2S. The van der Waals surface area contributed by atoms with Gasteiger partial charge in [0.15, 0.2) is 0 Å². The van der Waals surface area contributed by atoms with Crippen LogP contribution in [-0.2, 0) is 23.2 Å². The SMILES string of the molecule is CCc1nc(CC(=O)NCC(C)(O)c2ccc(F)cc2F)cs1. The molecule has 23 heavy (non-hydrogen) atoms. The van der Waals surface area contributed by atoms with Crippen LogP contribution in [-0.4, -0.2) is 22.5 Å². The Morgan fingerprint density at radius 1 is 1.43 bits per heavy atom. The standard InChI is InChI=1S/C16H18F2N2O2S/c1-3-15-20-11(8-23-15)7-14(21)19-9-16(2,22)12-5-4-10(17)6-13(12)18/h4-6,8,22H,3,7,9H2,1-2H3,(H,19,21). The number of rotatable bonds is 6. The lowest BCUT2D eigenvalue weighted by molar-refractivity contribution is -0.121. The van der Waals surface area contributed by atoms with Crippen LogP contribution in [0, 0.1) is 11.6 Å². The minimum Gasteiger partial charge on any atom is -0.383 e. The third-order valence-electron chi connectivity index (χ3n) is 3.38. The van der Waals surface area contributed by atoms with Crippen LogP contribution in [0.15, 0.2) is 23.6 Å². The molecule has 0 aliphatic carbocycles. The maximum Gasteiger partial charge on any atom is 0.226 e. The number of nitrogens with one attached hydrogen (secondary N) is 1. The van der Waals surface area contributed by atoms with Crippen molar-refractivity contribution in [3.05, 3.63) is 51.5 Å². The number of hydrogen-bond donors (Lipinski definition) is 2. The fourth-order valence-corrected chi connectivity index (χ4v) is 2.86. The summed E-state index contributed by atoms with van der Waals surface area (Å²) in [4.78, 5) is 16.2. The van der Waals surface area contributed by atoms with Crippen LogP contribution in [0.1, 0.15) is 30.1 Å². The van der Waals surface area contributed by atoms with Crippen molar-refractivity contribution in [2.75, 3.05) is 6.54 Å². The first-order valence-corrected chi connectivity index (χ1v) is 8.07. The molecule has 0 saturated carbocycles. The predicted octanol–water partition coefficient (Wildman–Crippen LogP) is 2.55. The number of aliphatic hydroxyl groups is 1. The molecule has 2 N–H and O–H groups in total. The summed E-state index contributed by atoms with van der Waals surface area (Å²) in [5.41, 5.74) is -1.04. The number of halogens is 2. The van der Waals surface area contributed by atoms with E-state index in [1.54, 1.807) is 0 Å². The van der Waals surface area contributed by atoms with Gasteiger partial charge in [-0.1, -0.05) is 13.0 Å². The summed E-state index contributed by atoms with van der Waals surface area (Å²) in [5, 5.41) is 15.6. The van der Waals surface area contributed by atoms with Crippen molar-refractivity contribution in [1.29, 1.82) is 0 Å². The Hall–Kier alpha value is -1.86. The molecule has 0 saturated heterocycles. The smallest absolute Gasteiger partial charge is 0.226 e. The molecule has 1 aromatic heterocycles. The number of amides is 1. The van der Waals surface area contributed by atoms with Gasteiger partial charge < -0.3 is 10.4 Å². The van der Waals surface area contributed by atoms with Gasteiger partial charge in [0, 0.05) is 17.0 Å². The van der Waals surface area contributed by atoms with Crippen molar-refractivity contribution < 1.29 is 18.7 Å². The van der Waals surface area contributed by atoms with Gasteiger partial charge in [-0.2, -0.15) is 0 Å². The van der Waals surface area contributed by atoms with Crippen LogP contribution in [0.5, 0.6) is 0 Å². The number of nitrogens with zero attached hydrogens (tertiary/aromatic N) is 1. The number of carbonyl (C=O) groups is 1. The van der Waals surface area contributed by atoms with Crippen molar-refractivity contribution in [2.45, 2.75) is 32.3 Å². The molecule has 0 aliphatic rings. The van der Waals surface area contributed by atoms with Crippen molar-refractivity contribution in [3.63, 3.8) is 0 Å². The van der Waals surface area contributed by atoms with E-state index in [4.69, 9.17) is 0 Å². The van der Waals surface area contributed by atoms with Crippen molar-refractivity contribution >= 4 is 17.2 Å². The molecule has 0 aliphatic heterocycles. The lowest BCUT2D eigenvalue weighted by Gasteiger charge is -2.24. The number of hydrogen-bond acceptors (Lipinski definition) is 4. The van der Waals surface area contributed by atoms with Gasteiger partial charge in [-0.15, -0.1) is 11.3 Å². The normalized spacial score (nSPS) is 13.6. The molecule has 1 amide bonds. The van der Waals surface area contributed by atoms with Gasteiger partial charge in [0.2, 0.25) is 5.91 Å². The van der Waals surface area contributed by atoms with Crippen molar-refractivity contribution in [2.24, 2.45) is 0 Å². The van der Waals surface area contributed by atoms with Gasteiger partial charge in [-0.05, 0) is 19.4 Å². The summed E-state index contributed by atoms with van der Waals surface area (Å²) in [6.07, 6.45) is 0.906. The molecule has 124 valence electrons. The second-order valence-electron chi connectivity index (χ2n) is 5.44. The molecule has 4 nitrogen and oxygen atoms in total. The molecule has 0 fully saturated rings. The van der Waals surface area contributed by atoms with Crippen LogP contribution < -0.4 is 5.32 Å². The Labute approximate surface area is 137 Å². The molecule has 2 aromatic rings. The average molecular weight is 340 g/mol. The van der Waals surface area contributed by atoms with E-state index in [1.807, 2.05) is 12.3 Å². The topological polar surface area (TPSA) is 62.2 Å². The largest absolute Gasteiger partial charge is 0.383 e. The third kappa shape index (κ3) is 4.56. The quantitative estimate of drug-likeness (QED) is 0.849. The summed E-state index contributed by atoms with van der Waals surface area (Å²) in [6, 6.07) is 2.94. The highest BCUT2D eigenvalue weighted by molar-refractivity contribution is 7.09. The summed E-state index contributed by atoms with van der Waals surface area (Å²) in [6.45, 7) is 3.16. The third-order valence-corrected chi connectivity index (χ3v) is 4.43. The van der Waals surface area contributed by atoms with Gasteiger partial charge in [0.1, 0.15) is 17.2 Å². The van der Waals surface area contributed by atoms with Crippen LogP contribution in [0.25, 0.3) is 0 Å². The van der Waals surface area contributed by atoms with E-state index in [9.17, 15) is 18.7 Å². The van der Waals surface area contributed by atoms with Gasteiger partial charge in [0.05, 0.1) is 23.7 Å². The number of aryl methyl sites for hydroxylation is 1. The van der Waals surface area contributed by atoms with Gasteiger partial charge in [-0.25, -0.2) is 13.8 Å².